The predicted molar refractivity (Wildman–Crippen MR) is 114 cm³/mol. The summed E-state index contributed by atoms with van der Waals surface area (Å²) in [5.41, 5.74) is 2.02. The molecule has 144 valence electrons. The van der Waals surface area contributed by atoms with Crippen molar-refractivity contribution in [3.05, 3.63) is 54.0 Å². The molecule has 1 atom stereocenters. The van der Waals surface area contributed by atoms with Crippen LogP contribution in [0.25, 0.3) is 0 Å². The van der Waals surface area contributed by atoms with Crippen LogP contribution in [0, 0.1) is 5.82 Å². The molecule has 0 spiro atoms. The van der Waals surface area contributed by atoms with Gasteiger partial charge in [-0.3, -0.25) is 0 Å². The molecule has 2 aromatic rings. The molecule has 3 rings (SSSR count). The molecule has 0 amide bonds. The minimum Gasteiger partial charge on any atom is -0.362 e. The fraction of sp³-hybridized carbons (Fsp3) is 0.429. The van der Waals surface area contributed by atoms with Gasteiger partial charge in [0.2, 0.25) is 0 Å². The number of thiocarbonyl (C=S) groups is 1. The Bertz CT molecular complexity index is 733. The van der Waals surface area contributed by atoms with Crippen LogP contribution in [0.2, 0.25) is 0 Å². The minimum atomic E-state index is -0.198. The molecule has 1 unspecified atom stereocenters. The lowest BCUT2D eigenvalue weighted by atomic mass is 10.0. The molecule has 1 aromatic carbocycles. The summed E-state index contributed by atoms with van der Waals surface area (Å²) in [6.07, 6.45) is 7.42. The lowest BCUT2D eigenvalue weighted by molar-refractivity contribution is 0.481. The van der Waals surface area contributed by atoms with E-state index in [-0.39, 0.29) is 5.82 Å². The molecule has 0 saturated carbocycles. The van der Waals surface area contributed by atoms with Crippen molar-refractivity contribution in [2.45, 2.75) is 45.1 Å². The van der Waals surface area contributed by atoms with Gasteiger partial charge in [-0.25, -0.2) is 9.37 Å². The lowest BCUT2D eigenvalue weighted by Crippen LogP contribution is -2.37. The minimum absolute atomic E-state index is 0.198. The molecule has 27 heavy (non-hydrogen) atoms. The van der Waals surface area contributed by atoms with Crippen LogP contribution in [-0.2, 0) is 6.42 Å². The average Bonchev–Trinajstić information content (AvgIpc) is 2.68. The summed E-state index contributed by atoms with van der Waals surface area (Å²) in [5.74, 6) is 0.836. The van der Waals surface area contributed by atoms with Gasteiger partial charge in [0.1, 0.15) is 11.6 Å². The van der Waals surface area contributed by atoms with Crippen LogP contribution in [-0.4, -0.2) is 29.2 Å². The van der Waals surface area contributed by atoms with E-state index in [0.29, 0.717) is 11.2 Å². The second-order valence-electron chi connectivity index (χ2n) is 7.05. The van der Waals surface area contributed by atoms with Crippen molar-refractivity contribution in [3.8, 4) is 0 Å². The molecular formula is C21H27FN4S. The van der Waals surface area contributed by atoms with Crippen LogP contribution in [0.3, 0.4) is 0 Å². The number of pyridine rings is 1. The van der Waals surface area contributed by atoms with E-state index < -0.39 is 0 Å². The van der Waals surface area contributed by atoms with Gasteiger partial charge in [-0.1, -0.05) is 12.1 Å². The fourth-order valence-corrected chi connectivity index (χ4v) is 3.61. The highest BCUT2D eigenvalue weighted by Gasteiger charge is 2.19. The molecule has 1 aliphatic rings. The fourth-order valence-electron chi connectivity index (χ4n) is 3.39. The summed E-state index contributed by atoms with van der Waals surface area (Å²) in [4.78, 5) is 6.97. The van der Waals surface area contributed by atoms with Crippen molar-refractivity contribution in [2.75, 3.05) is 23.3 Å². The molecule has 0 bridgehead atoms. The number of piperidine rings is 1. The van der Waals surface area contributed by atoms with Gasteiger partial charge in [0.15, 0.2) is 5.11 Å². The highest BCUT2D eigenvalue weighted by atomic mass is 32.1. The molecule has 0 radical (unpaired) electrons. The smallest absolute Gasteiger partial charge is 0.170 e. The maximum absolute atomic E-state index is 12.9. The Kier molecular flexibility index (Phi) is 6.98. The number of anilines is 2. The third-order valence-electron chi connectivity index (χ3n) is 4.94. The van der Waals surface area contributed by atoms with E-state index in [1.807, 2.05) is 24.4 Å². The topological polar surface area (TPSA) is 40.2 Å². The number of aryl methyl sites for hydroxylation is 1. The predicted octanol–water partition coefficient (Wildman–Crippen LogP) is 4.52. The second-order valence-corrected chi connectivity index (χ2v) is 7.46. The molecular weight excluding hydrogens is 359 g/mol. The molecule has 4 nitrogen and oxygen atoms in total. The molecule has 1 aliphatic heterocycles. The van der Waals surface area contributed by atoms with Crippen LogP contribution < -0.4 is 15.5 Å². The van der Waals surface area contributed by atoms with E-state index in [2.05, 4.69) is 33.5 Å². The molecule has 0 aliphatic carbocycles. The summed E-state index contributed by atoms with van der Waals surface area (Å²) in [5, 5.41) is 6.98. The molecule has 1 saturated heterocycles. The maximum Gasteiger partial charge on any atom is 0.170 e. The van der Waals surface area contributed by atoms with Gasteiger partial charge in [0.05, 0.1) is 11.9 Å². The van der Waals surface area contributed by atoms with Crippen molar-refractivity contribution < 1.29 is 4.39 Å². The average molecular weight is 387 g/mol. The van der Waals surface area contributed by atoms with Crippen LogP contribution in [0.15, 0.2) is 42.6 Å². The Balaban J connectivity index is 1.40. The number of halogens is 1. The molecule has 6 heteroatoms. The lowest BCUT2D eigenvalue weighted by Gasteiger charge is -2.34. The Labute approximate surface area is 166 Å². The van der Waals surface area contributed by atoms with Gasteiger partial charge in [-0.05, 0) is 81.1 Å². The zero-order valence-electron chi connectivity index (χ0n) is 15.7. The highest BCUT2D eigenvalue weighted by Crippen LogP contribution is 2.23. The van der Waals surface area contributed by atoms with E-state index >= 15 is 0 Å². The zero-order valence-corrected chi connectivity index (χ0v) is 16.6. The van der Waals surface area contributed by atoms with E-state index in [9.17, 15) is 4.39 Å². The Morgan fingerprint density at radius 3 is 2.74 bits per heavy atom. The third-order valence-corrected chi connectivity index (χ3v) is 5.19. The number of hydrogen-bond donors (Lipinski definition) is 2. The van der Waals surface area contributed by atoms with E-state index in [1.165, 1.54) is 31.4 Å². The van der Waals surface area contributed by atoms with Gasteiger partial charge in [-0.2, -0.15) is 0 Å². The van der Waals surface area contributed by atoms with Crippen molar-refractivity contribution in [1.29, 1.82) is 0 Å². The summed E-state index contributed by atoms with van der Waals surface area (Å²) in [6, 6.07) is 11.3. The third kappa shape index (κ3) is 5.89. The summed E-state index contributed by atoms with van der Waals surface area (Å²) in [7, 11) is 0. The van der Waals surface area contributed by atoms with E-state index in [0.717, 1.165) is 43.0 Å². The van der Waals surface area contributed by atoms with Crippen molar-refractivity contribution in [3.63, 3.8) is 0 Å². The molecule has 2 N–H and O–H groups in total. The van der Waals surface area contributed by atoms with Gasteiger partial charge in [0, 0.05) is 19.1 Å². The maximum atomic E-state index is 12.9. The second kappa shape index (κ2) is 9.65. The van der Waals surface area contributed by atoms with Gasteiger partial charge in [-0.15, -0.1) is 0 Å². The van der Waals surface area contributed by atoms with Gasteiger partial charge < -0.3 is 15.5 Å². The van der Waals surface area contributed by atoms with Crippen LogP contribution in [0.1, 0.15) is 38.2 Å². The number of rotatable bonds is 6. The van der Waals surface area contributed by atoms with Gasteiger partial charge >= 0.3 is 0 Å². The van der Waals surface area contributed by atoms with Crippen molar-refractivity contribution in [1.82, 2.24) is 10.3 Å². The van der Waals surface area contributed by atoms with Crippen LogP contribution in [0.4, 0.5) is 15.9 Å². The molecule has 1 fully saturated rings. The summed E-state index contributed by atoms with van der Waals surface area (Å²) in [6.45, 7) is 4.10. The van der Waals surface area contributed by atoms with Crippen molar-refractivity contribution in [2.24, 2.45) is 0 Å². The number of nitrogens with zero attached hydrogens (tertiary/aromatic N) is 2. The molecule has 2 heterocycles. The number of nitrogens with one attached hydrogen (secondary N) is 2. The largest absolute Gasteiger partial charge is 0.362 e. The summed E-state index contributed by atoms with van der Waals surface area (Å²) >= 11 is 5.35. The Morgan fingerprint density at radius 2 is 2.04 bits per heavy atom. The van der Waals surface area contributed by atoms with Crippen LogP contribution >= 0.6 is 12.2 Å². The molecule has 1 aromatic heterocycles. The first-order valence-corrected chi connectivity index (χ1v) is 10.0. The summed E-state index contributed by atoms with van der Waals surface area (Å²) < 4.78 is 12.9. The number of hydrogen-bond acceptors (Lipinski definition) is 3. The standard InChI is InChI=1S/C21H27FN4S/c1-16-5-2-3-14-26(16)20-12-11-19(15-24-20)25-21(27)23-13-4-6-17-7-9-18(22)10-8-17/h7-12,15-16H,2-6,13-14H2,1H3,(H2,23,25,27). The Hall–Kier alpha value is -2.21. The first kappa shape index (κ1) is 19.5. The van der Waals surface area contributed by atoms with E-state index in [1.54, 1.807) is 0 Å². The van der Waals surface area contributed by atoms with Gasteiger partial charge in [0.25, 0.3) is 0 Å². The van der Waals surface area contributed by atoms with E-state index in [4.69, 9.17) is 12.2 Å². The van der Waals surface area contributed by atoms with Crippen LogP contribution in [0.5, 0.6) is 0 Å². The monoisotopic (exact) mass is 386 g/mol. The zero-order chi connectivity index (χ0) is 19.1. The SMILES string of the molecule is CC1CCCCN1c1ccc(NC(=S)NCCCc2ccc(F)cc2)cn1. The quantitative estimate of drug-likeness (QED) is 0.564. The van der Waals surface area contributed by atoms with Crippen molar-refractivity contribution >= 4 is 28.8 Å². The highest BCUT2D eigenvalue weighted by molar-refractivity contribution is 7.80. The first-order valence-electron chi connectivity index (χ1n) is 9.64. The Morgan fingerprint density at radius 1 is 1.22 bits per heavy atom. The number of aromatic nitrogens is 1. The first-order chi connectivity index (χ1) is 13.1. The number of benzene rings is 1. The normalized spacial score (nSPS) is 16.8.